The Labute approximate surface area is 177 Å². The van der Waals surface area contributed by atoms with Gasteiger partial charge in [-0.1, -0.05) is 18.2 Å². The quantitative estimate of drug-likeness (QED) is 0.553. The standard InChI is InChI=1S/C22H22F3N3O3/c1-27(19-6-2-3-11-26-19)14-15-31-18-9-7-17(8-10-18)16-21(20(29)30,22(23,24)25)28-12-4-5-13-28/h2-13H,14-16H2,1H3,(H,29,30)/t21-/m1/s1. The number of benzene rings is 1. The zero-order chi connectivity index (χ0) is 22.5. The number of nitrogens with zero attached hydrogens (tertiary/aromatic N) is 3. The molecule has 9 heteroatoms. The molecule has 0 radical (unpaired) electrons. The molecule has 0 spiro atoms. The fourth-order valence-corrected chi connectivity index (χ4v) is 3.23. The van der Waals surface area contributed by atoms with Crippen molar-refractivity contribution in [2.45, 2.75) is 18.1 Å². The van der Waals surface area contributed by atoms with E-state index in [1.165, 1.54) is 36.4 Å². The van der Waals surface area contributed by atoms with Crippen molar-refractivity contribution in [2.24, 2.45) is 0 Å². The first-order chi connectivity index (χ1) is 14.7. The van der Waals surface area contributed by atoms with Crippen LogP contribution in [0.4, 0.5) is 19.0 Å². The van der Waals surface area contributed by atoms with Crippen molar-refractivity contribution < 1.29 is 27.8 Å². The van der Waals surface area contributed by atoms with E-state index in [2.05, 4.69) is 4.98 Å². The van der Waals surface area contributed by atoms with E-state index >= 15 is 0 Å². The van der Waals surface area contributed by atoms with Gasteiger partial charge in [-0.05, 0) is 42.0 Å². The lowest BCUT2D eigenvalue weighted by Crippen LogP contribution is -2.55. The summed E-state index contributed by atoms with van der Waals surface area (Å²) in [7, 11) is 1.87. The molecule has 2 aromatic heterocycles. The Balaban J connectivity index is 1.68. The maximum absolute atomic E-state index is 13.9. The van der Waals surface area contributed by atoms with Crippen LogP contribution in [0.25, 0.3) is 0 Å². The molecule has 3 rings (SSSR count). The number of hydrogen-bond donors (Lipinski definition) is 1. The Kier molecular flexibility index (Phi) is 6.53. The van der Waals surface area contributed by atoms with Crippen LogP contribution in [0.2, 0.25) is 0 Å². The van der Waals surface area contributed by atoms with E-state index in [4.69, 9.17) is 4.74 Å². The third kappa shape index (κ3) is 4.82. The summed E-state index contributed by atoms with van der Waals surface area (Å²) < 4.78 is 48.0. The lowest BCUT2D eigenvalue weighted by Gasteiger charge is -2.33. The summed E-state index contributed by atoms with van der Waals surface area (Å²) in [6.45, 7) is 0.903. The van der Waals surface area contributed by atoms with Crippen LogP contribution in [0, 0.1) is 0 Å². The second-order valence-corrected chi connectivity index (χ2v) is 7.03. The Morgan fingerprint density at radius 1 is 1.10 bits per heavy atom. The second kappa shape index (κ2) is 9.11. The molecule has 0 amide bonds. The molecule has 1 atom stereocenters. The summed E-state index contributed by atoms with van der Waals surface area (Å²) in [5.41, 5.74) is -2.86. The maximum Gasteiger partial charge on any atom is 0.423 e. The monoisotopic (exact) mass is 433 g/mol. The van der Waals surface area contributed by atoms with Crippen LogP contribution in [0.5, 0.6) is 5.75 Å². The summed E-state index contributed by atoms with van der Waals surface area (Å²) in [4.78, 5) is 17.9. The van der Waals surface area contributed by atoms with Crippen molar-refractivity contribution in [3.05, 3.63) is 78.8 Å². The van der Waals surface area contributed by atoms with Gasteiger partial charge in [-0.15, -0.1) is 0 Å². The van der Waals surface area contributed by atoms with Gasteiger partial charge in [-0.2, -0.15) is 13.2 Å². The predicted molar refractivity (Wildman–Crippen MR) is 109 cm³/mol. The molecule has 164 valence electrons. The van der Waals surface area contributed by atoms with E-state index in [0.29, 0.717) is 23.5 Å². The van der Waals surface area contributed by atoms with Gasteiger partial charge in [0.15, 0.2) is 0 Å². The largest absolute Gasteiger partial charge is 0.492 e. The normalized spacial score (nSPS) is 13.4. The highest BCUT2D eigenvalue weighted by Crippen LogP contribution is 2.40. The van der Waals surface area contributed by atoms with E-state index in [9.17, 15) is 23.1 Å². The van der Waals surface area contributed by atoms with Gasteiger partial charge in [0.2, 0.25) is 5.54 Å². The van der Waals surface area contributed by atoms with Crippen molar-refractivity contribution in [1.29, 1.82) is 0 Å². The summed E-state index contributed by atoms with van der Waals surface area (Å²) in [5, 5.41) is 9.53. The van der Waals surface area contributed by atoms with Gasteiger partial charge >= 0.3 is 12.1 Å². The molecule has 0 aliphatic heterocycles. The van der Waals surface area contributed by atoms with Crippen molar-refractivity contribution in [1.82, 2.24) is 9.55 Å². The number of anilines is 1. The number of carboxylic acid groups (broad SMARTS) is 1. The number of carbonyl (C=O) groups is 1. The number of hydrogen-bond acceptors (Lipinski definition) is 4. The fourth-order valence-electron chi connectivity index (χ4n) is 3.23. The third-order valence-corrected chi connectivity index (χ3v) is 4.99. The van der Waals surface area contributed by atoms with Crippen molar-refractivity contribution in [3.63, 3.8) is 0 Å². The molecule has 0 aliphatic rings. The lowest BCUT2D eigenvalue weighted by molar-refractivity contribution is -0.224. The molecule has 2 heterocycles. The van der Waals surface area contributed by atoms with Gasteiger partial charge in [0.1, 0.15) is 18.2 Å². The van der Waals surface area contributed by atoms with E-state index in [1.807, 2.05) is 30.1 Å². The average molecular weight is 433 g/mol. The summed E-state index contributed by atoms with van der Waals surface area (Å²) >= 11 is 0. The number of rotatable bonds is 9. The minimum absolute atomic E-state index is 0.228. The summed E-state index contributed by atoms with van der Waals surface area (Å²) in [5.74, 6) is -0.690. The van der Waals surface area contributed by atoms with E-state index in [0.717, 1.165) is 18.2 Å². The first kappa shape index (κ1) is 22.2. The van der Waals surface area contributed by atoms with Gasteiger partial charge < -0.3 is 19.3 Å². The van der Waals surface area contributed by atoms with Crippen LogP contribution in [-0.2, 0) is 16.8 Å². The molecule has 0 saturated heterocycles. The van der Waals surface area contributed by atoms with Gasteiger partial charge in [0.25, 0.3) is 0 Å². The molecule has 1 aromatic carbocycles. The molecule has 6 nitrogen and oxygen atoms in total. The number of likely N-dealkylation sites (N-methyl/N-ethyl adjacent to an activating group) is 1. The van der Waals surface area contributed by atoms with E-state index in [-0.39, 0.29) is 5.56 Å². The minimum Gasteiger partial charge on any atom is -0.492 e. The van der Waals surface area contributed by atoms with Gasteiger partial charge in [-0.3, -0.25) is 0 Å². The molecule has 1 N–H and O–H groups in total. The Bertz CT molecular complexity index is 977. The molecular weight excluding hydrogens is 411 g/mol. The Morgan fingerprint density at radius 2 is 1.77 bits per heavy atom. The highest BCUT2D eigenvalue weighted by Gasteiger charge is 2.62. The van der Waals surface area contributed by atoms with Crippen LogP contribution in [0.1, 0.15) is 5.56 Å². The topological polar surface area (TPSA) is 67.6 Å². The van der Waals surface area contributed by atoms with Gasteiger partial charge in [0.05, 0.1) is 6.54 Å². The first-order valence-corrected chi connectivity index (χ1v) is 9.51. The van der Waals surface area contributed by atoms with Crippen LogP contribution in [-0.4, -0.2) is 47.0 Å². The lowest BCUT2D eigenvalue weighted by atomic mass is 9.89. The van der Waals surface area contributed by atoms with Crippen LogP contribution in [0.3, 0.4) is 0 Å². The van der Waals surface area contributed by atoms with E-state index < -0.39 is 24.1 Å². The highest BCUT2D eigenvalue weighted by atomic mass is 19.4. The van der Waals surface area contributed by atoms with Crippen LogP contribution in [0.15, 0.2) is 73.2 Å². The molecule has 0 bridgehead atoms. The summed E-state index contributed by atoms with van der Waals surface area (Å²) in [6, 6.07) is 14.3. The number of halogens is 3. The second-order valence-electron chi connectivity index (χ2n) is 7.03. The molecule has 3 aromatic rings. The molecule has 0 saturated carbocycles. The van der Waals surface area contributed by atoms with Gasteiger partial charge in [-0.25, -0.2) is 9.78 Å². The molecule has 0 aliphatic carbocycles. The zero-order valence-electron chi connectivity index (χ0n) is 16.8. The number of ether oxygens (including phenoxy) is 1. The zero-order valence-corrected chi connectivity index (χ0v) is 16.8. The van der Waals surface area contributed by atoms with Crippen molar-refractivity contribution in [3.8, 4) is 5.75 Å². The number of pyridine rings is 1. The highest BCUT2D eigenvalue weighted by molar-refractivity contribution is 5.78. The molecule has 0 unspecified atom stereocenters. The molecular formula is C22H22F3N3O3. The fraction of sp³-hybridized carbons (Fsp3) is 0.273. The molecule has 31 heavy (non-hydrogen) atoms. The van der Waals surface area contributed by atoms with Crippen LogP contribution < -0.4 is 9.64 Å². The van der Waals surface area contributed by atoms with Crippen LogP contribution >= 0.6 is 0 Å². The Morgan fingerprint density at radius 3 is 2.32 bits per heavy atom. The minimum atomic E-state index is -5.00. The third-order valence-electron chi connectivity index (χ3n) is 4.99. The van der Waals surface area contributed by atoms with Crippen molar-refractivity contribution in [2.75, 3.05) is 25.1 Å². The number of carboxylic acids is 1. The summed E-state index contributed by atoms with van der Waals surface area (Å²) in [6.07, 6.45) is -1.84. The maximum atomic E-state index is 13.9. The van der Waals surface area contributed by atoms with Gasteiger partial charge in [0, 0.05) is 32.1 Å². The van der Waals surface area contributed by atoms with Crippen molar-refractivity contribution >= 4 is 11.8 Å². The SMILES string of the molecule is CN(CCOc1ccc(C[C@](C(=O)O)(n2cccc2)C(F)(F)F)cc1)c1ccccn1. The molecule has 0 fully saturated rings. The predicted octanol–water partition coefficient (Wildman–Crippen LogP) is 3.98. The number of aliphatic carboxylic acids is 1. The average Bonchev–Trinajstić information content (AvgIpc) is 3.27. The Hall–Kier alpha value is -3.49. The van der Waals surface area contributed by atoms with E-state index in [1.54, 1.807) is 6.20 Å². The smallest absolute Gasteiger partial charge is 0.423 e. The number of aromatic nitrogens is 2. The number of alkyl halides is 3. The first-order valence-electron chi connectivity index (χ1n) is 9.51.